The minimum absolute atomic E-state index is 0.163. The highest BCUT2D eigenvalue weighted by atomic mass is 17.3. The Kier molecular flexibility index (Phi) is 3.60. The van der Waals surface area contributed by atoms with Crippen LogP contribution in [0, 0.1) is 11.8 Å². The quantitative estimate of drug-likeness (QED) is 0.796. The highest BCUT2D eigenvalue weighted by Crippen LogP contribution is 2.55. The van der Waals surface area contributed by atoms with E-state index in [-0.39, 0.29) is 12.5 Å². The SMILES string of the molecule is CO[C@H]1OC2(C)CCC3CCCC(CCO)[C@]31OO2. The molecule has 0 amide bonds. The molecule has 3 unspecified atom stereocenters. The number of hydrogen-bond acceptors (Lipinski definition) is 5. The third kappa shape index (κ3) is 2.03. The lowest BCUT2D eigenvalue weighted by Gasteiger charge is -2.53. The van der Waals surface area contributed by atoms with Gasteiger partial charge < -0.3 is 14.6 Å². The second-order valence-corrected chi connectivity index (χ2v) is 6.22. The molecule has 0 aromatic rings. The highest BCUT2D eigenvalue weighted by molar-refractivity contribution is 5.03. The van der Waals surface area contributed by atoms with Gasteiger partial charge in [-0.2, -0.15) is 0 Å². The molecule has 4 aliphatic rings. The third-order valence-electron chi connectivity index (χ3n) is 5.11. The van der Waals surface area contributed by atoms with E-state index in [2.05, 4.69) is 0 Å². The molecule has 5 nitrogen and oxygen atoms in total. The molecule has 4 rings (SSSR count). The van der Waals surface area contributed by atoms with Crippen molar-refractivity contribution in [1.82, 2.24) is 0 Å². The summed E-state index contributed by atoms with van der Waals surface area (Å²) in [6.07, 6.45) is 5.47. The van der Waals surface area contributed by atoms with Crippen LogP contribution in [-0.4, -0.2) is 36.5 Å². The molecule has 4 fully saturated rings. The predicted molar refractivity (Wildman–Crippen MR) is 67.0 cm³/mol. The molecule has 1 saturated carbocycles. The highest BCUT2D eigenvalue weighted by Gasteiger charge is 2.63. The molecule has 0 aromatic heterocycles. The van der Waals surface area contributed by atoms with Crippen LogP contribution in [0.15, 0.2) is 0 Å². The molecule has 19 heavy (non-hydrogen) atoms. The average Bonchev–Trinajstić information content (AvgIpc) is 2.64. The van der Waals surface area contributed by atoms with Crippen molar-refractivity contribution in [3.05, 3.63) is 0 Å². The van der Waals surface area contributed by atoms with E-state index < -0.39 is 17.7 Å². The molecule has 5 heteroatoms. The first kappa shape index (κ1) is 13.8. The van der Waals surface area contributed by atoms with E-state index in [9.17, 15) is 5.11 Å². The van der Waals surface area contributed by atoms with Gasteiger partial charge in [-0.25, -0.2) is 9.78 Å². The Bertz CT molecular complexity index is 325. The molecular formula is C14H24O5. The van der Waals surface area contributed by atoms with Crippen LogP contribution in [0.5, 0.6) is 0 Å². The number of fused-ring (bicyclic) bond motifs is 3. The van der Waals surface area contributed by atoms with Gasteiger partial charge >= 0.3 is 0 Å². The lowest BCUT2D eigenvalue weighted by atomic mass is 9.65. The summed E-state index contributed by atoms with van der Waals surface area (Å²) in [5, 5.41) is 9.33. The summed E-state index contributed by atoms with van der Waals surface area (Å²) in [6.45, 7) is 2.07. The summed E-state index contributed by atoms with van der Waals surface area (Å²) < 4.78 is 11.6. The van der Waals surface area contributed by atoms with Gasteiger partial charge in [-0.15, -0.1) is 0 Å². The zero-order chi connectivity index (χ0) is 13.5. The fourth-order valence-electron chi connectivity index (χ4n) is 4.12. The molecule has 2 bridgehead atoms. The first-order valence-electron chi connectivity index (χ1n) is 7.33. The van der Waals surface area contributed by atoms with Crippen LogP contribution < -0.4 is 0 Å². The van der Waals surface area contributed by atoms with E-state index in [4.69, 9.17) is 19.2 Å². The number of aliphatic hydroxyl groups excluding tert-OH is 1. The number of ether oxygens (including phenoxy) is 2. The van der Waals surface area contributed by atoms with Crippen molar-refractivity contribution >= 4 is 0 Å². The van der Waals surface area contributed by atoms with Gasteiger partial charge in [-0.05, 0) is 44.4 Å². The van der Waals surface area contributed by atoms with E-state index in [0.717, 1.165) is 25.7 Å². The second kappa shape index (κ2) is 4.97. The molecule has 3 aliphatic heterocycles. The minimum Gasteiger partial charge on any atom is -0.396 e. The Labute approximate surface area is 114 Å². The normalized spacial score (nSPS) is 49.7. The van der Waals surface area contributed by atoms with Crippen molar-refractivity contribution in [1.29, 1.82) is 0 Å². The van der Waals surface area contributed by atoms with Crippen LogP contribution in [0.2, 0.25) is 0 Å². The maximum atomic E-state index is 9.33. The molecule has 3 saturated heterocycles. The number of hydrogen-bond donors (Lipinski definition) is 1. The summed E-state index contributed by atoms with van der Waals surface area (Å²) in [6, 6.07) is 0. The van der Waals surface area contributed by atoms with Gasteiger partial charge in [0.2, 0.25) is 5.79 Å². The van der Waals surface area contributed by atoms with Crippen molar-refractivity contribution in [2.75, 3.05) is 13.7 Å². The van der Waals surface area contributed by atoms with Crippen LogP contribution in [0.4, 0.5) is 0 Å². The van der Waals surface area contributed by atoms with Crippen molar-refractivity contribution in [2.24, 2.45) is 11.8 Å². The Hall–Kier alpha value is -0.200. The Morgan fingerprint density at radius 3 is 2.84 bits per heavy atom. The summed E-state index contributed by atoms with van der Waals surface area (Å²) in [5.74, 6) is -0.0940. The summed E-state index contributed by atoms with van der Waals surface area (Å²) >= 11 is 0. The summed E-state index contributed by atoms with van der Waals surface area (Å²) in [7, 11) is 1.66. The number of aliphatic hydroxyl groups is 1. The molecule has 1 spiro atoms. The van der Waals surface area contributed by atoms with Gasteiger partial charge in [0.15, 0.2) is 11.9 Å². The number of rotatable bonds is 3. The van der Waals surface area contributed by atoms with Crippen LogP contribution in [0.1, 0.15) is 45.4 Å². The Morgan fingerprint density at radius 2 is 2.11 bits per heavy atom. The fraction of sp³-hybridized carbons (Fsp3) is 1.00. The van der Waals surface area contributed by atoms with Gasteiger partial charge in [0.05, 0.1) is 0 Å². The molecule has 0 radical (unpaired) electrons. The van der Waals surface area contributed by atoms with E-state index in [0.29, 0.717) is 12.3 Å². The molecule has 3 heterocycles. The minimum atomic E-state index is -0.701. The molecular weight excluding hydrogens is 248 g/mol. The molecule has 1 N–H and O–H groups in total. The topological polar surface area (TPSA) is 57.2 Å². The maximum absolute atomic E-state index is 9.33. The lowest BCUT2D eigenvalue weighted by Crippen LogP contribution is -2.63. The maximum Gasteiger partial charge on any atom is 0.201 e. The molecule has 110 valence electrons. The Balaban J connectivity index is 1.97. The zero-order valence-electron chi connectivity index (χ0n) is 11.8. The van der Waals surface area contributed by atoms with Crippen molar-refractivity contribution in [2.45, 2.75) is 63.1 Å². The van der Waals surface area contributed by atoms with Gasteiger partial charge in [0.25, 0.3) is 0 Å². The van der Waals surface area contributed by atoms with E-state index in [1.54, 1.807) is 7.11 Å². The summed E-state index contributed by atoms with van der Waals surface area (Å²) in [4.78, 5) is 11.5. The van der Waals surface area contributed by atoms with Gasteiger partial charge in [0.1, 0.15) is 0 Å². The van der Waals surface area contributed by atoms with Gasteiger partial charge in [-0.1, -0.05) is 6.42 Å². The first-order valence-corrected chi connectivity index (χ1v) is 7.33. The molecule has 0 aromatic carbocycles. The lowest BCUT2D eigenvalue weighted by molar-refractivity contribution is -0.554. The van der Waals surface area contributed by atoms with E-state index in [1.807, 2.05) is 6.92 Å². The van der Waals surface area contributed by atoms with Crippen LogP contribution in [-0.2, 0) is 19.2 Å². The van der Waals surface area contributed by atoms with Crippen LogP contribution in [0.3, 0.4) is 0 Å². The number of methoxy groups -OCH3 is 1. The van der Waals surface area contributed by atoms with Gasteiger partial charge in [-0.3, -0.25) is 0 Å². The van der Waals surface area contributed by atoms with Crippen molar-refractivity contribution in [3.8, 4) is 0 Å². The van der Waals surface area contributed by atoms with Gasteiger partial charge in [0, 0.05) is 20.1 Å². The summed E-state index contributed by atoms with van der Waals surface area (Å²) in [5.41, 5.74) is -0.550. The third-order valence-corrected chi connectivity index (χ3v) is 5.11. The predicted octanol–water partition coefficient (Wildman–Crippen LogP) is 1.98. The first-order chi connectivity index (χ1) is 9.14. The largest absolute Gasteiger partial charge is 0.396 e. The fourth-order valence-corrected chi connectivity index (χ4v) is 4.12. The van der Waals surface area contributed by atoms with E-state index in [1.165, 1.54) is 6.42 Å². The van der Waals surface area contributed by atoms with E-state index >= 15 is 0 Å². The average molecular weight is 272 g/mol. The zero-order valence-corrected chi connectivity index (χ0v) is 11.8. The van der Waals surface area contributed by atoms with Crippen LogP contribution >= 0.6 is 0 Å². The molecule has 5 atom stereocenters. The van der Waals surface area contributed by atoms with Crippen molar-refractivity contribution < 1.29 is 24.4 Å². The van der Waals surface area contributed by atoms with Crippen LogP contribution in [0.25, 0.3) is 0 Å². The monoisotopic (exact) mass is 272 g/mol. The molecule has 1 aliphatic carbocycles. The second-order valence-electron chi connectivity index (χ2n) is 6.22. The standard InChI is InChI=1S/C14H24O5/c1-13-8-6-10-4-3-5-11(7-9-15)14(10,19-18-13)12(16-2)17-13/h10-12,15H,3-9H2,1-2H3/t10?,11?,12-,13?,14+/m0/s1. The van der Waals surface area contributed by atoms with Crippen molar-refractivity contribution in [3.63, 3.8) is 0 Å². The Morgan fingerprint density at radius 1 is 1.26 bits per heavy atom. The smallest absolute Gasteiger partial charge is 0.201 e.